The first-order valence-corrected chi connectivity index (χ1v) is 17.9. The maximum absolute atomic E-state index is 6.70. The van der Waals surface area contributed by atoms with Crippen LogP contribution >= 0.6 is 0 Å². The molecule has 5 rings (SSSR count). The Labute approximate surface area is 328 Å². The molecular formula is C43H52O13. The van der Waals surface area contributed by atoms with E-state index in [-0.39, 0.29) is 19.8 Å². The lowest BCUT2D eigenvalue weighted by molar-refractivity contribution is -0.406. The highest BCUT2D eigenvalue weighted by molar-refractivity contribution is 5.89. The zero-order valence-corrected chi connectivity index (χ0v) is 33.7. The molecule has 0 saturated heterocycles. The van der Waals surface area contributed by atoms with Gasteiger partial charge in [0, 0.05) is 48.2 Å². The van der Waals surface area contributed by atoms with Gasteiger partial charge in [-0.05, 0) is 76.5 Å². The van der Waals surface area contributed by atoms with Crippen molar-refractivity contribution in [3.63, 3.8) is 0 Å². The van der Waals surface area contributed by atoms with Crippen LogP contribution in [0.3, 0.4) is 0 Å². The molecule has 0 aliphatic rings. The highest BCUT2D eigenvalue weighted by Crippen LogP contribution is 2.42. The molecule has 0 heterocycles. The molecule has 56 heavy (non-hydrogen) atoms. The molecule has 5 aromatic carbocycles. The molecule has 0 N–H and O–H groups in total. The second kappa shape index (κ2) is 19.1. The van der Waals surface area contributed by atoms with E-state index >= 15 is 0 Å². The van der Waals surface area contributed by atoms with E-state index in [1.807, 2.05) is 73.7 Å². The third-order valence-electron chi connectivity index (χ3n) is 9.50. The number of ether oxygens (including phenoxy) is 13. The molecule has 0 saturated carbocycles. The largest absolute Gasteiger partial charge is 0.496 e. The van der Waals surface area contributed by atoms with Crippen LogP contribution in [0.4, 0.5) is 0 Å². The van der Waals surface area contributed by atoms with Gasteiger partial charge < -0.3 is 61.6 Å². The summed E-state index contributed by atoms with van der Waals surface area (Å²) in [5.74, 6) is -2.87. The summed E-state index contributed by atoms with van der Waals surface area (Å²) in [6.07, 6.45) is 0. The van der Waals surface area contributed by atoms with Gasteiger partial charge in [0.2, 0.25) is 0 Å². The molecule has 5 aromatic rings. The van der Waals surface area contributed by atoms with Crippen LogP contribution in [0.1, 0.15) is 29.2 Å². The van der Waals surface area contributed by atoms with Gasteiger partial charge in [0.05, 0.1) is 58.9 Å². The summed E-state index contributed by atoms with van der Waals surface area (Å²) in [6.45, 7) is 2.30. The number of hydrogen-bond acceptors (Lipinski definition) is 13. The average Bonchev–Trinajstić information content (AvgIpc) is 3.25. The Hall–Kier alpha value is -4.54. The van der Waals surface area contributed by atoms with Crippen LogP contribution in [0.15, 0.2) is 84.9 Å². The number of fused-ring (bicyclic) bond motifs is 2. The van der Waals surface area contributed by atoms with Crippen molar-refractivity contribution in [2.24, 2.45) is 0 Å². The van der Waals surface area contributed by atoms with Gasteiger partial charge >= 0.3 is 17.9 Å². The molecule has 0 aliphatic heterocycles. The van der Waals surface area contributed by atoms with E-state index in [1.165, 1.54) is 42.7 Å². The fourth-order valence-corrected chi connectivity index (χ4v) is 6.71. The third-order valence-corrected chi connectivity index (χ3v) is 9.50. The second-order valence-corrected chi connectivity index (χ2v) is 12.3. The SMILES string of the molecule is CCOc1ccc2ccc(COC(OC)(OCCOC(OC)(OC)c3ccc(OC)c(OC)c3)c3cc4ccccc4cc3OC)cc2c1C(OC)(OC)OC. The molecule has 0 bridgehead atoms. The Balaban J connectivity index is 1.52. The predicted octanol–water partition coefficient (Wildman–Crippen LogP) is 7.58. The van der Waals surface area contributed by atoms with Crippen LogP contribution in [0, 0.1) is 0 Å². The number of rotatable bonds is 22. The summed E-state index contributed by atoms with van der Waals surface area (Å²) in [5, 5.41) is 3.56. The van der Waals surface area contributed by atoms with E-state index in [4.69, 9.17) is 61.6 Å². The lowest BCUT2D eigenvalue weighted by atomic mass is 9.99. The van der Waals surface area contributed by atoms with Gasteiger partial charge in [0.1, 0.15) is 11.5 Å². The van der Waals surface area contributed by atoms with E-state index < -0.39 is 17.9 Å². The van der Waals surface area contributed by atoms with Gasteiger partial charge in [-0.2, -0.15) is 0 Å². The lowest BCUT2D eigenvalue weighted by Crippen LogP contribution is -2.39. The van der Waals surface area contributed by atoms with Crippen LogP contribution in [0.5, 0.6) is 23.0 Å². The molecule has 1 atom stereocenters. The summed E-state index contributed by atoms with van der Waals surface area (Å²) >= 11 is 0. The van der Waals surface area contributed by atoms with Crippen LogP contribution in [0.2, 0.25) is 0 Å². The van der Waals surface area contributed by atoms with Gasteiger partial charge in [0.25, 0.3) is 0 Å². The van der Waals surface area contributed by atoms with E-state index in [9.17, 15) is 0 Å². The minimum absolute atomic E-state index is 0.0208. The van der Waals surface area contributed by atoms with Gasteiger partial charge in [-0.3, -0.25) is 0 Å². The van der Waals surface area contributed by atoms with Gasteiger partial charge in [-0.1, -0.05) is 42.5 Å². The molecule has 0 radical (unpaired) electrons. The number of hydrogen-bond donors (Lipinski definition) is 0. The molecule has 13 heteroatoms. The summed E-state index contributed by atoms with van der Waals surface area (Å²) in [6, 6.07) is 26.7. The summed E-state index contributed by atoms with van der Waals surface area (Å²) in [5.41, 5.74) is 2.39. The molecule has 0 fully saturated rings. The highest BCUT2D eigenvalue weighted by atomic mass is 16.9. The minimum Gasteiger partial charge on any atom is -0.496 e. The van der Waals surface area contributed by atoms with E-state index in [0.29, 0.717) is 46.3 Å². The topological polar surface area (TPSA) is 120 Å². The number of benzene rings is 5. The van der Waals surface area contributed by atoms with Gasteiger partial charge in [0.15, 0.2) is 11.5 Å². The zero-order chi connectivity index (χ0) is 40.3. The first-order valence-electron chi connectivity index (χ1n) is 17.9. The smallest absolute Gasteiger partial charge is 0.315 e. The van der Waals surface area contributed by atoms with Crippen molar-refractivity contribution in [2.45, 2.75) is 31.5 Å². The molecule has 0 aromatic heterocycles. The monoisotopic (exact) mass is 776 g/mol. The van der Waals surface area contributed by atoms with Crippen LogP contribution in [-0.2, 0) is 67.2 Å². The zero-order valence-electron chi connectivity index (χ0n) is 33.7. The third kappa shape index (κ3) is 8.42. The van der Waals surface area contributed by atoms with Gasteiger partial charge in [-0.25, -0.2) is 0 Å². The van der Waals surface area contributed by atoms with Crippen molar-refractivity contribution in [3.05, 3.63) is 107 Å². The maximum Gasteiger partial charge on any atom is 0.315 e. The second-order valence-electron chi connectivity index (χ2n) is 12.3. The predicted molar refractivity (Wildman–Crippen MR) is 209 cm³/mol. The number of methoxy groups -OCH3 is 9. The Bertz CT molecular complexity index is 2030. The van der Waals surface area contributed by atoms with Crippen molar-refractivity contribution < 1.29 is 61.6 Å². The Morgan fingerprint density at radius 3 is 1.62 bits per heavy atom. The molecule has 302 valence electrons. The van der Waals surface area contributed by atoms with Crippen molar-refractivity contribution >= 4 is 21.5 Å². The Kier molecular flexibility index (Phi) is 14.5. The molecular weight excluding hydrogens is 724 g/mol. The van der Waals surface area contributed by atoms with Gasteiger partial charge in [-0.15, -0.1) is 0 Å². The average molecular weight is 777 g/mol. The van der Waals surface area contributed by atoms with Crippen LogP contribution in [-0.4, -0.2) is 83.8 Å². The van der Waals surface area contributed by atoms with Crippen molar-refractivity contribution in [1.82, 2.24) is 0 Å². The molecule has 0 aliphatic carbocycles. The van der Waals surface area contributed by atoms with Crippen molar-refractivity contribution in [2.75, 3.05) is 83.8 Å². The maximum atomic E-state index is 6.70. The highest BCUT2D eigenvalue weighted by Gasteiger charge is 2.41. The molecule has 0 spiro atoms. The standard InChI is InChI=1S/C43H52O13/c1-11-53-37-20-18-30-17-16-29(24-34(30)40(37)43(50-8,51-9)52-10)28-56-42(49-7,35-25-31-14-12-13-15-32(31)26-38(35)45-3)55-23-22-54-41(47-5,48-6)33-19-21-36(44-2)39(27-33)46-4/h12-21,24-27H,11,22-23,28H2,1-10H3. The quantitative estimate of drug-likeness (QED) is 0.0508. The fraction of sp³-hybridized carbons (Fsp3) is 0.395. The normalized spacial score (nSPS) is 13.2. The summed E-state index contributed by atoms with van der Waals surface area (Å²) in [4.78, 5) is 0. The minimum atomic E-state index is -1.79. The van der Waals surface area contributed by atoms with Crippen LogP contribution in [0.25, 0.3) is 21.5 Å². The van der Waals surface area contributed by atoms with E-state index in [2.05, 4.69) is 0 Å². The first kappa shape index (κ1) is 42.6. The van der Waals surface area contributed by atoms with Crippen molar-refractivity contribution in [3.8, 4) is 23.0 Å². The lowest BCUT2D eigenvalue weighted by Gasteiger charge is -2.35. The van der Waals surface area contributed by atoms with Crippen molar-refractivity contribution in [1.29, 1.82) is 0 Å². The van der Waals surface area contributed by atoms with E-state index in [0.717, 1.165) is 27.1 Å². The molecule has 13 nitrogen and oxygen atoms in total. The van der Waals surface area contributed by atoms with Crippen LogP contribution < -0.4 is 18.9 Å². The summed E-state index contributed by atoms with van der Waals surface area (Å²) < 4.78 is 77.5. The Morgan fingerprint density at radius 2 is 1.04 bits per heavy atom. The molecule has 1 unspecified atom stereocenters. The first-order chi connectivity index (χ1) is 27.2. The fourth-order valence-electron chi connectivity index (χ4n) is 6.71. The summed E-state index contributed by atoms with van der Waals surface area (Å²) in [7, 11) is 13.7. The molecule has 0 amide bonds. The Morgan fingerprint density at radius 1 is 0.464 bits per heavy atom. The van der Waals surface area contributed by atoms with E-state index in [1.54, 1.807) is 39.5 Å².